The van der Waals surface area contributed by atoms with Crippen LogP contribution in [0.5, 0.6) is 0 Å². The number of imidazole rings is 1. The molecular formula is C17H17ClF2N2S. The SMILES string of the molecule is Cl.Fc1ccc(F)c(-c2csc3nc(C4CCCCC4)cn23)c1. The zero-order valence-electron chi connectivity index (χ0n) is 12.5. The van der Waals surface area contributed by atoms with Crippen molar-refractivity contribution in [3.05, 3.63) is 47.1 Å². The van der Waals surface area contributed by atoms with Gasteiger partial charge in [-0.3, -0.25) is 4.40 Å². The van der Waals surface area contributed by atoms with Crippen LogP contribution in [0.2, 0.25) is 0 Å². The first-order valence-electron chi connectivity index (χ1n) is 7.64. The summed E-state index contributed by atoms with van der Waals surface area (Å²) < 4.78 is 29.4. The number of thiazole rings is 1. The fourth-order valence-corrected chi connectivity index (χ4v) is 4.16. The van der Waals surface area contributed by atoms with Gasteiger partial charge < -0.3 is 0 Å². The lowest BCUT2D eigenvalue weighted by molar-refractivity contribution is 0.438. The van der Waals surface area contributed by atoms with Gasteiger partial charge in [0.05, 0.1) is 11.4 Å². The molecule has 2 heterocycles. The topological polar surface area (TPSA) is 17.3 Å². The molecule has 1 saturated carbocycles. The van der Waals surface area contributed by atoms with E-state index in [9.17, 15) is 8.78 Å². The van der Waals surface area contributed by atoms with E-state index in [0.29, 0.717) is 17.2 Å². The van der Waals surface area contributed by atoms with Crippen molar-refractivity contribution in [2.75, 3.05) is 0 Å². The number of hydrogen-bond donors (Lipinski definition) is 0. The first-order valence-corrected chi connectivity index (χ1v) is 8.52. The van der Waals surface area contributed by atoms with Crippen molar-refractivity contribution in [1.29, 1.82) is 0 Å². The maximum absolute atomic E-state index is 14.0. The van der Waals surface area contributed by atoms with Crippen LogP contribution in [-0.2, 0) is 0 Å². The van der Waals surface area contributed by atoms with Crippen molar-refractivity contribution in [3.63, 3.8) is 0 Å². The van der Waals surface area contributed by atoms with Crippen LogP contribution in [0.4, 0.5) is 8.78 Å². The minimum Gasteiger partial charge on any atom is -0.290 e. The summed E-state index contributed by atoms with van der Waals surface area (Å²) >= 11 is 1.47. The molecule has 4 rings (SSSR count). The Labute approximate surface area is 143 Å². The fourth-order valence-electron chi connectivity index (χ4n) is 3.28. The fraction of sp³-hybridized carbons (Fsp3) is 0.353. The summed E-state index contributed by atoms with van der Waals surface area (Å²) in [6.07, 6.45) is 8.16. The number of fused-ring (bicyclic) bond motifs is 1. The molecule has 1 aromatic carbocycles. The second-order valence-electron chi connectivity index (χ2n) is 5.90. The molecule has 2 aromatic heterocycles. The van der Waals surface area contributed by atoms with Crippen molar-refractivity contribution >= 4 is 28.7 Å². The Bertz CT molecular complexity index is 821. The zero-order valence-corrected chi connectivity index (χ0v) is 14.1. The third-order valence-electron chi connectivity index (χ3n) is 4.46. The Morgan fingerprint density at radius 1 is 1.13 bits per heavy atom. The van der Waals surface area contributed by atoms with E-state index in [1.54, 1.807) is 0 Å². The van der Waals surface area contributed by atoms with Gasteiger partial charge in [0.15, 0.2) is 4.96 Å². The number of hydrogen-bond acceptors (Lipinski definition) is 2. The monoisotopic (exact) mass is 354 g/mol. The zero-order chi connectivity index (χ0) is 15.1. The predicted octanol–water partition coefficient (Wildman–Crippen LogP) is 5.81. The highest BCUT2D eigenvalue weighted by atomic mass is 35.5. The molecule has 23 heavy (non-hydrogen) atoms. The van der Waals surface area contributed by atoms with Crippen LogP contribution in [0.15, 0.2) is 29.8 Å². The summed E-state index contributed by atoms with van der Waals surface area (Å²) in [5, 5.41) is 1.84. The molecule has 0 N–H and O–H groups in total. The molecule has 1 fully saturated rings. The van der Waals surface area contributed by atoms with Crippen LogP contribution < -0.4 is 0 Å². The second kappa shape index (κ2) is 6.57. The van der Waals surface area contributed by atoms with Crippen molar-refractivity contribution in [1.82, 2.24) is 9.38 Å². The second-order valence-corrected chi connectivity index (χ2v) is 6.73. The van der Waals surface area contributed by atoms with Gasteiger partial charge in [0.1, 0.15) is 11.6 Å². The Morgan fingerprint density at radius 2 is 1.91 bits per heavy atom. The van der Waals surface area contributed by atoms with Gasteiger partial charge in [0.25, 0.3) is 0 Å². The van der Waals surface area contributed by atoms with Gasteiger partial charge in [-0.2, -0.15) is 0 Å². The van der Waals surface area contributed by atoms with E-state index in [0.717, 1.165) is 16.7 Å². The molecule has 6 heteroatoms. The molecule has 1 aliphatic rings. The molecule has 3 aromatic rings. The van der Waals surface area contributed by atoms with Crippen LogP contribution >= 0.6 is 23.7 Å². The predicted molar refractivity (Wildman–Crippen MR) is 91.5 cm³/mol. The van der Waals surface area contributed by atoms with Crippen molar-refractivity contribution in [2.45, 2.75) is 38.0 Å². The van der Waals surface area contributed by atoms with Crippen molar-refractivity contribution in [3.8, 4) is 11.3 Å². The molecule has 0 spiro atoms. The third-order valence-corrected chi connectivity index (χ3v) is 5.30. The lowest BCUT2D eigenvalue weighted by atomic mass is 9.87. The smallest absolute Gasteiger partial charge is 0.194 e. The molecule has 2 nitrogen and oxygen atoms in total. The number of halogens is 3. The summed E-state index contributed by atoms with van der Waals surface area (Å²) in [5.41, 5.74) is 2.05. The van der Waals surface area contributed by atoms with E-state index in [1.165, 1.54) is 55.6 Å². The summed E-state index contributed by atoms with van der Waals surface area (Å²) in [6.45, 7) is 0. The van der Waals surface area contributed by atoms with Crippen LogP contribution in [0.25, 0.3) is 16.2 Å². The standard InChI is InChI=1S/C17H16F2N2S.ClH/c18-12-6-7-14(19)13(8-12)16-10-22-17-20-15(9-21(16)17)11-4-2-1-3-5-11;/h6-11H,1-5H2;1H. The number of rotatable bonds is 2. The normalized spacial score (nSPS) is 15.7. The minimum absolute atomic E-state index is 0. The van der Waals surface area contributed by atoms with Gasteiger partial charge in [0, 0.05) is 23.1 Å². The van der Waals surface area contributed by atoms with Gasteiger partial charge in [-0.25, -0.2) is 13.8 Å². The quantitative estimate of drug-likeness (QED) is 0.567. The van der Waals surface area contributed by atoms with Gasteiger partial charge in [-0.1, -0.05) is 19.3 Å². The molecule has 0 bridgehead atoms. The summed E-state index contributed by atoms with van der Waals surface area (Å²) in [7, 11) is 0. The first kappa shape index (κ1) is 16.4. The molecule has 122 valence electrons. The summed E-state index contributed by atoms with van der Waals surface area (Å²) in [6, 6.07) is 3.56. The Hall–Kier alpha value is -1.46. The maximum Gasteiger partial charge on any atom is 0.194 e. The van der Waals surface area contributed by atoms with E-state index < -0.39 is 11.6 Å². The van der Waals surface area contributed by atoms with E-state index in [-0.39, 0.29) is 12.4 Å². The van der Waals surface area contributed by atoms with E-state index in [4.69, 9.17) is 4.98 Å². The van der Waals surface area contributed by atoms with E-state index in [2.05, 4.69) is 0 Å². The summed E-state index contributed by atoms with van der Waals surface area (Å²) in [5.74, 6) is -0.330. The van der Waals surface area contributed by atoms with Crippen LogP contribution in [0.1, 0.15) is 43.7 Å². The highest BCUT2D eigenvalue weighted by Crippen LogP contribution is 2.35. The molecular weight excluding hydrogens is 338 g/mol. The summed E-state index contributed by atoms with van der Waals surface area (Å²) in [4.78, 5) is 5.55. The number of aromatic nitrogens is 2. The van der Waals surface area contributed by atoms with Gasteiger partial charge >= 0.3 is 0 Å². The van der Waals surface area contributed by atoms with E-state index in [1.807, 2.05) is 16.0 Å². The molecule has 0 unspecified atom stereocenters. The molecule has 0 aliphatic heterocycles. The van der Waals surface area contributed by atoms with Gasteiger partial charge in [-0.05, 0) is 31.0 Å². The van der Waals surface area contributed by atoms with Gasteiger partial charge in [-0.15, -0.1) is 23.7 Å². The Kier molecular flexibility index (Phi) is 4.69. The van der Waals surface area contributed by atoms with Crippen molar-refractivity contribution < 1.29 is 8.78 Å². The van der Waals surface area contributed by atoms with E-state index >= 15 is 0 Å². The molecule has 1 aliphatic carbocycles. The van der Waals surface area contributed by atoms with Crippen LogP contribution in [0, 0.1) is 11.6 Å². The highest BCUT2D eigenvalue weighted by Gasteiger charge is 2.20. The lowest BCUT2D eigenvalue weighted by Gasteiger charge is -2.19. The molecule has 0 atom stereocenters. The largest absolute Gasteiger partial charge is 0.290 e. The molecule has 0 amide bonds. The lowest BCUT2D eigenvalue weighted by Crippen LogP contribution is -2.04. The van der Waals surface area contributed by atoms with Crippen molar-refractivity contribution in [2.24, 2.45) is 0 Å². The van der Waals surface area contributed by atoms with Crippen LogP contribution in [0.3, 0.4) is 0 Å². The molecule has 0 radical (unpaired) electrons. The maximum atomic E-state index is 14.0. The highest BCUT2D eigenvalue weighted by molar-refractivity contribution is 7.15. The average Bonchev–Trinajstić information content (AvgIpc) is 3.11. The number of benzene rings is 1. The van der Waals surface area contributed by atoms with Gasteiger partial charge in [0.2, 0.25) is 0 Å². The Morgan fingerprint density at radius 3 is 2.70 bits per heavy atom. The third kappa shape index (κ3) is 3.00. The van der Waals surface area contributed by atoms with Crippen LogP contribution in [-0.4, -0.2) is 9.38 Å². The molecule has 0 saturated heterocycles. The minimum atomic E-state index is -0.427. The Balaban J connectivity index is 0.00000156. The average molecular weight is 355 g/mol. The number of nitrogens with zero attached hydrogens (tertiary/aromatic N) is 2. The first-order chi connectivity index (χ1) is 10.7.